The SMILES string of the molecule is CC1NC(=O)C(c2ccccc2)c2ccccc21. The number of amides is 1. The van der Waals surface area contributed by atoms with Crippen LogP contribution in [0.4, 0.5) is 0 Å². The lowest BCUT2D eigenvalue weighted by molar-refractivity contribution is -0.122. The van der Waals surface area contributed by atoms with Crippen LogP contribution in [0.3, 0.4) is 0 Å². The lowest BCUT2D eigenvalue weighted by Gasteiger charge is -2.30. The summed E-state index contributed by atoms with van der Waals surface area (Å²) in [5.41, 5.74) is 3.39. The van der Waals surface area contributed by atoms with E-state index in [0.29, 0.717) is 0 Å². The van der Waals surface area contributed by atoms with Crippen LogP contribution in [0.2, 0.25) is 0 Å². The highest BCUT2D eigenvalue weighted by molar-refractivity contribution is 5.89. The van der Waals surface area contributed by atoms with Gasteiger partial charge in [0.2, 0.25) is 5.91 Å². The molecule has 2 aromatic carbocycles. The van der Waals surface area contributed by atoms with Crippen molar-refractivity contribution < 1.29 is 4.79 Å². The predicted octanol–water partition coefficient (Wildman–Crippen LogP) is 3.01. The fourth-order valence-corrected chi connectivity index (χ4v) is 2.66. The molecule has 2 unspecified atom stereocenters. The smallest absolute Gasteiger partial charge is 0.232 e. The zero-order chi connectivity index (χ0) is 12.5. The van der Waals surface area contributed by atoms with Gasteiger partial charge in [-0.15, -0.1) is 0 Å². The summed E-state index contributed by atoms with van der Waals surface area (Å²) in [4.78, 5) is 12.3. The monoisotopic (exact) mass is 237 g/mol. The van der Waals surface area contributed by atoms with Gasteiger partial charge >= 0.3 is 0 Å². The van der Waals surface area contributed by atoms with Crippen LogP contribution in [0.5, 0.6) is 0 Å². The summed E-state index contributed by atoms with van der Waals surface area (Å²) >= 11 is 0. The van der Waals surface area contributed by atoms with Crippen LogP contribution in [-0.4, -0.2) is 5.91 Å². The number of benzene rings is 2. The fraction of sp³-hybridized carbons (Fsp3) is 0.188. The van der Waals surface area contributed by atoms with E-state index in [9.17, 15) is 4.79 Å². The first-order valence-corrected chi connectivity index (χ1v) is 6.21. The first-order valence-electron chi connectivity index (χ1n) is 6.21. The van der Waals surface area contributed by atoms with Crippen molar-refractivity contribution in [3.63, 3.8) is 0 Å². The minimum absolute atomic E-state index is 0.0902. The third-order valence-corrected chi connectivity index (χ3v) is 3.53. The molecule has 18 heavy (non-hydrogen) atoms. The molecule has 1 aliphatic rings. The maximum Gasteiger partial charge on any atom is 0.232 e. The minimum Gasteiger partial charge on any atom is -0.349 e. The fourth-order valence-electron chi connectivity index (χ4n) is 2.66. The lowest BCUT2D eigenvalue weighted by Crippen LogP contribution is -2.37. The zero-order valence-corrected chi connectivity index (χ0v) is 10.3. The molecule has 1 heterocycles. The topological polar surface area (TPSA) is 29.1 Å². The van der Waals surface area contributed by atoms with Gasteiger partial charge in [-0.1, -0.05) is 54.6 Å². The minimum atomic E-state index is -0.182. The molecule has 0 bridgehead atoms. The van der Waals surface area contributed by atoms with Crippen LogP contribution in [0, 0.1) is 0 Å². The predicted molar refractivity (Wildman–Crippen MR) is 71.3 cm³/mol. The largest absolute Gasteiger partial charge is 0.349 e. The molecular weight excluding hydrogens is 222 g/mol. The van der Waals surface area contributed by atoms with Crippen LogP contribution >= 0.6 is 0 Å². The number of nitrogens with one attached hydrogen (secondary N) is 1. The molecule has 90 valence electrons. The molecule has 0 fully saturated rings. The summed E-state index contributed by atoms with van der Waals surface area (Å²) in [5, 5.41) is 3.05. The third-order valence-electron chi connectivity index (χ3n) is 3.53. The first-order chi connectivity index (χ1) is 8.77. The van der Waals surface area contributed by atoms with E-state index < -0.39 is 0 Å². The average Bonchev–Trinajstić information content (AvgIpc) is 2.40. The second-order valence-corrected chi connectivity index (χ2v) is 4.70. The summed E-state index contributed by atoms with van der Waals surface area (Å²) in [6.45, 7) is 2.03. The summed E-state index contributed by atoms with van der Waals surface area (Å²) in [6, 6.07) is 18.2. The Morgan fingerprint density at radius 3 is 2.22 bits per heavy atom. The van der Waals surface area contributed by atoms with Crippen LogP contribution in [0.25, 0.3) is 0 Å². The second-order valence-electron chi connectivity index (χ2n) is 4.70. The highest BCUT2D eigenvalue weighted by Gasteiger charge is 2.31. The molecule has 0 radical (unpaired) electrons. The summed E-state index contributed by atoms with van der Waals surface area (Å²) in [6.07, 6.45) is 0. The van der Waals surface area contributed by atoms with Crippen molar-refractivity contribution in [2.75, 3.05) is 0 Å². The molecule has 1 N–H and O–H groups in total. The molecule has 2 heteroatoms. The lowest BCUT2D eigenvalue weighted by atomic mass is 9.82. The Labute approximate surface area is 107 Å². The van der Waals surface area contributed by atoms with Crippen LogP contribution < -0.4 is 5.32 Å². The van der Waals surface area contributed by atoms with Crippen LogP contribution in [0.15, 0.2) is 54.6 Å². The van der Waals surface area contributed by atoms with Crippen molar-refractivity contribution >= 4 is 5.91 Å². The van der Waals surface area contributed by atoms with Gasteiger partial charge in [-0.05, 0) is 23.6 Å². The number of carbonyl (C=O) groups excluding carboxylic acids is 1. The first kappa shape index (κ1) is 11.0. The Morgan fingerprint density at radius 1 is 0.889 bits per heavy atom. The van der Waals surface area contributed by atoms with E-state index in [1.807, 2.05) is 49.4 Å². The Bertz CT molecular complexity index is 577. The van der Waals surface area contributed by atoms with Gasteiger partial charge in [0.1, 0.15) is 0 Å². The molecule has 0 aliphatic carbocycles. The van der Waals surface area contributed by atoms with Gasteiger partial charge < -0.3 is 5.32 Å². The van der Waals surface area contributed by atoms with Crippen molar-refractivity contribution in [3.8, 4) is 0 Å². The molecule has 1 aliphatic heterocycles. The summed E-state index contributed by atoms with van der Waals surface area (Å²) in [7, 11) is 0. The van der Waals surface area contributed by atoms with Crippen molar-refractivity contribution in [2.45, 2.75) is 18.9 Å². The van der Waals surface area contributed by atoms with Gasteiger partial charge in [0.15, 0.2) is 0 Å². The molecule has 3 rings (SSSR count). The summed E-state index contributed by atoms with van der Waals surface area (Å²) < 4.78 is 0. The quantitative estimate of drug-likeness (QED) is 0.811. The van der Waals surface area contributed by atoms with Gasteiger partial charge in [0, 0.05) is 0 Å². The highest BCUT2D eigenvalue weighted by Crippen LogP contribution is 2.34. The number of hydrogen-bond donors (Lipinski definition) is 1. The Morgan fingerprint density at radius 2 is 1.50 bits per heavy atom. The molecule has 2 nitrogen and oxygen atoms in total. The van der Waals surface area contributed by atoms with Crippen molar-refractivity contribution in [1.29, 1.82) is 0 Å². The normalized spacial score (nSPS) is 22.2. The average molecular weight is 237 g/mol. The molecule has 0 saturated carbocycles. The van der Waals surface area contributed by atoms with E-state index in [2.05, 4.69) is 17.4 Å². The zero-order valence-electron chi connectivity index (χ0n) is 10.3. The van der Waals surface area contributed by atoms with Crippen molar-refractivity contribution in [3.05, 3.63) is 71.3 Å². The van der Waals surface area contributed by atoms with Gasteiger partial charge in [-0.2, -0.15) is 0 Å². The van der Waals surface area contributed by atoms with Crippen molar-refractivity contribution in [1.82, 2.24) is 5.32 Å². The maximum atomic E-state index is 12.3. The number of carbonyl (C=O) groups is 1. The second kappa shape index (κ2) is 4.30. The van der Waals surface area contributed by atoms with Gasteiger partial charge in [-0.3, -0.25) is 4.79 Å². The van der Waals surface area contributed by atoms with E-state index in [4.69, 9.17) is 0 Å². The van der Waals surface area contributed by atoms with Gasteiger partial charge in [0.25, 0.3) is 0 Å². The molecule has 0 spiro atoms. The van der Waals surface area contributed by atoms with E-state index in [0.717, 1.165) is 11.1 Å². The molecule has 0 saturated heterocycles. The Balaban J connectivity index is 2.15. The van der Waals surface area contributed by atoms with Gasteiger partial charge in [-0.25, -0.2) is 0 Å². The Hall–Kier alpha value is -2.09. The van der Waals surface area contributed by atoms with E-state index in [1.165, 1.54) is 5.56 Å². The molecular formula is C16H15NO. The summed E-state index contributed by atoms with van der Waals surface area (Å²) in [5.74, 6) is -0.0917. The molecule has 1 amide bonds. The number of rotatable bonds is 1. The standard InChI is InChI=1S/C16H15NO/c1-11-13-9-5-6-10-14(13)15(16(18)17-11)12-7-3-2-4-8-12/h2-11,15H,1H3,(H,17,18). The molecule has 2 aromatic rings. The molecule has 2 atom stereocenters. The van der Waals surface area contributed by atoms with E-state index >= 15 is 0 Å². The van der Waals surface area contributed by atoms with Gasteiger partial charge in [0.05, 0.1) is 12.0 Å². The number of hydrogen-bond acceptors (Lipinski definition) is 1. The van der Waals surface area contributed by atoms with E-state index in [1.54, 1.807) is 0 Å². The van der Waals surface area contributed by atoms with Crippen LogP contribution in [-0.2, 0) is 4.79 Å². The Kier molecular flexibility index (Phi) is 2.63. The highest BCUT2D eigenvalue weighted by atomic mass is 16.2. The maximum absolute atomic E-state index is 12.3. The third kappa shape index (κ3) is 1.70. The van der Waals surface area contributed by atoms with Crippen LogP contribution in [0.1, 0.15) is 35.6 Å². The molecule has 0 aromatic heterocycles. The number of fused-ring (bicyclic) bond motifs is 1. The van der Waals surface area contributed by atoms with E-state index in [-0.39, 0.29) is 17.9 Å². The van der Waals surface area contributed by atoms with Crippen molar-refractivity contribution in [2.24, 2.45) is 0 Å².